The monoisotopic (exact) mass is 290 g/mol. The van der Waals surface area contributed by atoms with Crippen LogP contribution in [0, 0.1) is 5.92 Å². The first-order valence-electron chi connectivity index (χ1n) is 7.22. The molecule has 1 aromatic carbocycles. The third-order valence-electron chi connectivity index (χ3n) is 3.72. The van der Waals surface area contributed by atoms with E-state index in [9.17, 15) is 9.59 Å². The van der Waals surface area contributed by atoms with Crippen molar-refractivity contribution in [3.05, 3.63) is 35.9 Å². The van der Waals surface area contributed by atoms with E-state index in [1.54, 1.807) is 11.8 Å². The van der Waals surface area contributed by atoms with Crippen LogP contribution in [0.25, 0.3) is 0 Å². The fraction of sp³-hybridized carbons (Fsp3) is 0.500. The maximum Gasteiger partial charge on any atom is 0.328 e. The lowest BCUT2D eigenvalue weighted by Gasteiger charge is -2.31. The highest BCUT2D eigenvalue weighted by atomic mass is 16.5. The maximum absolute atomic E-state index is 12.4. The van der Waals surface area contributed by atoms with Crippen molar-refractivity contribution >= 4 is 11.9 Å². The Kier molecular flexibility index (Phi) is 4.96. The van der Waals surface area contributed by atoms with Crippen molar-refractivity contribution in [1.82, 2.24) is 4.90 Å². The Morgan fingerprint density at radius 3 is 2.43 bits per heavy atom. The van der Waals surface area contributed by atoms with Gasteiger partial charge in [0.05, 0.1) is 13.2 Å². The molecular formula is C16H22N2O3. The quantitative estimate of drug-likeness (QED) is 0.802. The summed E-state index contributed by atoms with van der Waals surface area (Å²) in [5, 5.41) is 0. The summed E-state index contributed by atoms with van der Waals surface area (Å²) in [4.78, 5) is 26.1. The molecule has 1 aromatic rings. The number of rotatable bonds is 6. The second kappa shape index (κ2) is 6.72. The highest BCUT2D eigenvalue weighted by Gasteiger charge is 2.43. The van der Waals surface area contributed by atoms with Crippen LogP contribution >= 0.6 is 0 Å². The molecule has 21 heavy (non-hydrogen) atoms. The molecule has 114 valence electrons. The normalized spacial score (nSPS) is 16.9. The maximum atomic E-state index is 12.4. The number of nitrogens with zero attached hydrogens (tertiary/aromatic N) is 1. The SMILES string of the molecule is COC(=O)[C@H](C1CC1)N(Cc1ccccc1)C(=O)[C@@H](C)N. The largest absolute Gasteiger partial charge is 0.467 e. The van der Waals surface area contributed by atoms with Crippen LogP contribution in [0.4, 0.5) is 0 Å². The van der Waals surface area contributed by atoms with E-state index in [4.69, 9.17) is 10.5 Å². The molecular weight excluding hydrogens is 268 g/mol. The van der Waals surface area contributed by atoms with Crippen LogP contribution in [-0.4, -0.2) is 36.0 Å². The van der Waals surface area contributed by atoms with E-state index >= 15 is 0 Å². The van der Waals surface area contributed by atoms with Crippen molar-refractivity contribution < 1.29 is 14.3 Å². The van der Waals surface area contributed by atoms with E-state index in [2.05, 4.69) is 0 Å². The Labute approximate surface area is 125 Å². The highest BCUT2D eigenvalue weighted by Crippen LogP contribution is 2.36. The van der Waals surface area contributed by atoms with Crippen LogP contribution in [0.1, 0.15) is 25.3 Å². The summed E-state index contributed by atoms with van der Waals surface area (Å²) in [6.45, 7) is 2.01. The molecule has 0 heterocycles. The molecule has 0 unspecified atom stereocenters. The number of hydrogen-bond donors (Lipinski definition) is 1. The van der Waals surface area contributed by atoms with Crippen LogP contribution < -0.4 is 5.73 Å². The van der Waals surface area contributed by atoms with Gasteiger partial charge in [0.25, 0.3) is 0 Å². The minimum atomic E-state index is -0.639. The van der Waals surface area contributed by atoms with Crippen LogP contribution in [-0.2, 0) is 20.9 Å². The zero-order valence-electron chi connectivity index (χ0n) is 12.5. The first-order chi connectivity index (χ1) is 10.0. The van der Waals surface area contributed by atoms with E-state index in [-0.39, 0.29) is 17.8 Å². The second-order valence-corrected chi connectivity index (χ2v) is 5.55. The van der Waals surface area contributed by atoms with Gasteiger partial charge in [0.1, 0.15) is 6.04 Å². The van der Waals surface area contributed by atoms with Gasteiger partial charge in [-0.25, -0.2) is 4.79 Å². The molecule has 2 N–H and O–H groups in total. The van der Waals surface area contributed by atoms with Crippen molar-refractivity contribution in [2.24, 2.45) is 11.7 Å². The Hall–Kier alpha value is -1.88. The molecule has 0 saturated heterocycles. The second-order valence-electron chi connectivity index (χ2n) is 5.55. The first-order valence-corrected chi connectivity index (χ1v) is 7.22. The van der Waals surface area contributed by atoms with E-state index in [0.29, 0.717) is 6.54 Å². The van der Waals surface area contributed by atoms with Crippen LogP contribution in [0.2, 0.25) is 0 Å². The first kappa shape index (κ1) is 15.5. The van der Waals surface area contributed by atoms with E-state index in [1.165, 1.54) is 7.11 Å². The summed E-state index contributed by atoms with van der Waals surface area (Å²) in [6, 6.07) is 8.43. The number of esters is 1. The van der Waals surface area contributed by atoms with Crippen molar-refractivity contribution in [2.75, 3.05) is 7.11 Å². The standard InChI is InChI=1S/C16H22N2O3/c1-11(17)15(19)18(10-12-6-4-3-5-7-12)14(13-8-9-13)16(20)21-2/h3-7,11,13-14H,8-10,17H2,1-2H3/t11-,14+/m1/s1. The third kappa shape index (κ3) is 3.82. The summed E-state index contributed by atoms with van der Waals surface area (Å²) in [5.74, 6) is -0.396. The molecule has 0 bridgehead atoms. The molecule has 2 atom stereocenters. The zero-order valence-corrected chi connectivity index (χ0v) is 12.5. The Morgan fingerprint density at radius 2 is 1.95 bits per heavy atom. The smallest absolute Gasteiger partial charge is 0.328 e. The van der Waals surface area contributed by atoms with Gasteiger partial charge in [-0.15, -0.1) is 0 Å². The summed E-state index contributed by atoms with van der Waals surface area (Å²) >= 11 is 0. The summed E-state index contributed by atoms with van der Waals surface area (Å²) in [5.41, 5.74) is 6.72. The summed E-state index contributed by atoms with van der Waals surface area (Å²) in [6.07, 6.45) is 1.88. The van der Waals surface area contributed by atoms with Gasteiger partial charge >= 0.3 is 5.97 Å². The molecule has 0 aromatic heterocycles. The lowest BCUT2D eigenvalue weighted by Crippen LogP contribution is -2.51. The van der Waals surface area contributed by atoms with E-state index < -0.39 is 12.1 Å². The number of ether oxygens (including phenoxy) is 1. The molecule has 0 aliphatic heterocycles. The molecule has 1 aliphatic carbocycles. The van der Waals surface area contributed by atoms with Crippen LogP contribution in [0.15, 0.2) is 30.3 Å². The van der Waals surface area contributed by atoms with Gasteiger partial charge in [-0.3, -0.25) is 4.79 Å². The summed E-state index contributed by atoms with van der Waals surface area (Å²) < 4.78 is 4.89. The minimum Gasteiger partial charge on any atom is -0.467 e. The molecule has 5 heteroatoms. The fourth-order valence-corrected chi connectivity index (χ4v) is 2.46. The Balaban J connectivity index is 2.26. The lowest BCUT2D eigenvalue weighted by molar-refractivity contribution is -0.154. The molecule has 2 rings (SSSR count). The number of carbonyl (C=O) groups excluding carboxylic acids is 2. The number of nitrogens with two attached hydrogens (primary N) is 1. The molecule has 0 spiro atoms. The van der Waals surface area contributed by atoms with Crippen molar-refractivity contribution in [3.63, 3.8) is 0 Å². The van der Waals surface area contributed by atoms with Gasteiger partial charge in [-0.05, 0) is 31.2 Å². The van der Waals surface area contributed by atoms with Crippen molar-refractivity contribution in [1.29, 1.82) is 0 Å². The van der Waals surface area contributed by atoms with Gasteiger partial charge in [0.2, 0.25) is 5.91 Å². The van der Waals surface area contributed by atoms with Gasteiger partial charge < -0.3 is 15.4 Å². The average Bonchev–Trinajstić information content (AvgIpc) is 3.31. The Bertz CT molecular complexity index is 498. The third-order valence-corrected chi connectivity index (χ3v) is 3.72. The molecule has 5 nitrogen and oxygen atoms in total. The molecule has 1 saturated carbocycles. The lowest BCUT2D eigenvalue weighted by atomic mass is 10.1. The van der Waals surface area contributed by atoms with Crippen molar-refractivity contribution in [2.45, 2.75) is 38.4 Å². The number of methoxy groups -OCH3 is 1. The van der Waals surface area contributed by atoms with Crippen LogP contribution in [0.3, 0.4) is 0 Å². The van der Waals surface area contributed by atoms with Crippen molar-refractivity contribution in [3.8, 4) is 0 Å². The van der Waals surface area contributed by atoms with E-state index in [0.717, 1.165) is 18.4 Å². The van der Waals surface area contributed by atoms with Crippen LogP contribution in [0.5, 0.6) is 0 Å². The van der Waals surface area contributed by atoms with Gasteiger partial charge in [0.15, 0.2) is 0 Å². The average molecular weight is 290 g/mol. The topological polar surface area (TPSA) is 72.6 Å². The number of benzene rings is 1. The predicted octanol–water partition coefficient (Wildman–Crippen LogP) is 1.31. The van der Waals surface area contributed by atoms with Gasteiger partial charge in [-0.2, -0.15) is 0 Å². The summed E-state index contributed by atoms with van der Waals surface area (Å²) in [7, 11) is 1.36. The fourth-order valence-electron chi connectivity index (χ4n) is 2.46. The number of amides is 1. The predicted molar refractivity (Wildman–Crippen MR) is 79.2 cm³/mol. The van der Waals surface area contributed by atoms with E-state index in [1.807, 2.05) is 30.3 Å². The highest BCUT2D eigenvalue weighted by molar-refractivity contribution is 5.87. The van der Waals surface area contributed by atoms with Gasteiger partial charge in [-0.1, -0.05) is 30.3 Å². The number of carbonyl (C=O) groups is 2. The van der Waals surface area contributed by atoms with Gasteiger partial charge in [0, 0.05) is 6.54 Å². The molecule has 1 aliphatic rings. The minimum absolute atomic E-state index is 0.184. The molecule has 1 amide bonds. The molecule has 1 fully saturated rings. The zero-order chi connectivity index (χ0) is 15.4. The molecule has 0 radical (unpaired) electrons. The number of hydrogen-bond acceptors (Lipinski definition) is 4. The Morgan fingerprint density at radius 1 is 1.33 bits per heavy atom.